The third-order valence-corrected chi connectivity index (χ3v) is 13.9. The van der Waals surface area contributed by atoms with Crippen molar-refractivity contribution in [1.29, 1.82) is 0 Å². The number of hydrogen-bond donors (Lipinski definition) is 2. The van der Waals surface area contributed by atoms with E-state index in [-0.39, 0.29) is 20.9 Å². The Bertz CT molecular complexity index is 781. The second kappa shape index (κ2) is 8.87. The summed E-state index contributed by atoms with van der Waals surface area (Å²) >= 11 is 2.46. The summed E-state index contributed by atoms with van der Waals surface area (Å²) in [6.07, 6.45) is 11.5. The maximum atomic E-state index is 13.6. The van der Waals surface area contributed by atoms with E-state index in [4.69, 9.17) is 0 Å². The standard InChI is InChI=1S/C29H47IO3/c1-7-28(33,18(2)3)15-10-19(4)22-8-9-23-21-16-25(32)29(30)17-20(31)11-14-27(29,6)24(21)12-13-26(22,23)5/h7,18-24,31,33H,1,8-17H2,2-6H3/t19-,20?,21?,22?,23?,24?,26-,27-,28+,29+/m1/s1. The van der Waals surface area contributed by atoms with Crippen molar-refractivity contribution in [3.63, 3.8) is 0 Å². The number of carbonyl (C=O) groups is 1. The van der Waals surface area contributed by atoms with Crippen LogP contribution in [0.15, 0.2) is 12.7 Å². The predicted molar refractivity (Wildman–Crippen MR) is 143 cm³/mol. The van der Waals surface area contributed by atoms with Crippen molar-refractivity contribution in [3.05, 3.63) is 12.7 Å². The van der Waals surface area contributed by atoms with Gasteiger partial charge in [0, 0.05) is 6.42 Å². The van der Waals surface area contributed by atoms with E-state index in [9.17, 15) is 15.0 Å². The molecule has 0 saturated heterocycles. The second-order valence-corrected chi connectivity index (χ2v) is 15.1. The number of ketones is 1. The van der Waals surface area contributed by atoms with Crippen LogP contribution in [-0.2, 0) is 4.79 Å². The summed E-state index contributed by atoms with van der Waals surface area (Å²) in [4.78, 5) is 13.6. The maximum Gasteiger partial charge on any atom is 0.149 e. The molecule has 4 saturated carbocycles. The third-order valence-electron chi connectivity index (χ3n) is 11.7. The van der Waals surface area contributed by atoms with Crippen LogP contribution in [0.25, 0.3) is 0 Å². The minimum atomic E-state index is -0.773. The van der Waals surface area contributed by atoms with Gasteiger partial charge in [0.05, 0.1) is 15.1 Å². The first-order valence-corrected chi connectivity index (χ1v) is 14.7. The third kappa shape index (κ3) is 3.91. The highest BCUT2D eigenvalue weighted by Gasteiger charge is 2.67. The lowest BCUT2D eigenvalue weighted by Crippen LogP contribution is -2.64. The molecule has 10 atom stereocenters. The second-order valence-electron chi connectivity index (χ2n) is 13.2. The van der Waals surface area contributed by atoms with Crippen molar-refractivity contribution < 1.29 is 15.0 Å². The summed E-state index contributed by atoms with van der Waals surface area (Å²) in [5.74, 6) is 3.61. The van der Waals surface area contributed by atoms with Gasteiger partial charge in [-0.3, -0.25) is 4.79 Å². The number of hydrogen-bond acceptors (Lipinski definition) is 3. The molecule has 4 aliphatic carbocycles. The smallest absolute Gasteiger partial charge is 0.149 e. The van der Waals surface area contributed by atoms with Crippen LogP contribution in [0.5, 0.6) is 0 Å². The fraction of sp³-hybridized carbons (Fsp3) is 0.897. The number of Topliss-reactive ketones (excluding diaryl/α,β-unsaturated/α-hetero) is 1. The number of aliphatic hydroxyl groups excluding tert-OH is 1. The van der Waals surface area contributed by atoms with Gasteiger partial charge in [-0.05, 0) is 104 Å². The highest BCUT2D eigenvalue weighted by molar-refractivity contribution is 14.1. The van der Waals surface area contributed by atoms with Gasteiger partial charge in [0.25, 0.3) is 0 Å². The van der Waals surface area contributed by atoms with E-state index in [1.165, 1.54) is 25.7 Å². The van der Waals surface area contributed by atoms with Gasteiger partial charge < -0.3 is 10.2 Å². The van der Waals surface area contributed by atoms with E-state index in [1.807, 2.05) is 0 Å². The number of aliphatic hydroxyl groups is 2. The maximum absolute atomic E-state index is 13.6. The van der Waals surface area contributed by atoms with E-state index < -0.39 is 5.60 Å². The van der Waals surface area contributed by atoms with E-state index >= 15 is 0 Å². The molecule has 4 heteroatoms. The molecule has 4 fully saturated rings. The minimum absolute atomic E-state index is 0.0234. The molecule has 0 spiro atoms. The Hall–Kier alpha value is 0.0600. The summed E-state index contributed by atoms with van der Waals surface area (Å²) in [7, 11) is 0. The Morgan fingerprint density at radius 3 is 2.48 bits per heavy atom. The molecule has 0 aromatic carbocycles. The molecular formula is C29H47IO3. The SMILES string of the molecule is C=C[C@](O)(CC[C@@H](C)C1CCC2C3CC(=O)[C@@]4(I)CC(O)CC[C@]4(C)C3CC[C@@]21C)C(C)C. The molecule has 5 unspecified atom stereocenters. The summed E-state index contributed by atoms with van der Waals surface area (Å²) in [5, 5.41) is 21.4. The minimum Gasteiger partial charge on any atom is -0.393 e. The lowest BCUT2D eigenvalue weighted by molar-refractivity contribution is -0.151. The van der Waals surface area contributed by atoms with Gasteiger partial charge in [-0.15, -0.1) is 6.58 Å². The van der Waals surface area contributed by atoms with Gasteiger partial charge in [-0.2, -0.15) is 0 Å². The first-order valence-electron chi connectivity index (χ1n) is 13.6. The molecule has 188 valence electrons. The average Bonchev–Trinajstić information content (AvgIpc) is 3.11. The molecule has 0 radical (unpaired) electrons. The molecule has 2 N–H and O–H groups in total. The molecule has 4 rings (SSSR count). The van der Waals surface area contributed by atoms with Gasteiger partial charge in [0.1, 0.15) is 5.78 Å². The molecule has 0 bridgehead atoms. The van der Waals surface area contributed by atoms with E-state index in [1.54, 1.807) is 6.08 Å². The van der Waals surface area contributed by atoms with Gasteiger partial charge >= 0.3 is 0 Å². The quantitative estimate of drug-likeness (QED) is 0.212. The normalized spacial score (nSPS) is 47.9. The van der Waals surface area contributed by atoms with Crippen LogP contribution in [0.3, 0.4) is 0 Å². The topological polar surface area (TPSA) is 57.5 Å². The van der Waals surface area contributed by atoms with Crippen molar-refractivity contribution in [2.45, 2.75) is 114 Å². The number of alkyl halides is 1. The van der Waals surface area contributed by atoms with Crippen molar-refractivity contribution in [3.8, 4) is 0 Å². The molecular weight excluding hydrogens is 523 g/mol. The molecule has 33 heavy (non-hydrogen) atoms. The van der Waals surface area contributed by atoms with E-state index in [0.717, 1.165) is 32.1 Å². The van der Waals surface area contributed by atoms with Crippen molar-refractivity contribution in [1.82, 2.24) is 0 Å². The van der Waals surface area contributed by atoms with Crippen molar-refractivity contribution in [2.24, 2.45) is 46.3 Å². The lowest BCUT2D eigenvalue weighted by atomic mass is 9.44. The molecule has 0 heterocycles. The van der Waals surface area contributed by atoms with Crippen LogP contribution < -0.4 is 0 Å². The molecule has 0 aliphatic heterocycles. The molecule has 0 amide bonds. The Labute approximate surface area is 215 Å². The molecule has 0 aromatic heterocycles. The first kappa shape index (κ1) is 26.1. The highest BCUT2D eigenvalue weighted by atomic mass is 127. The van der Waals surface area contributed by atoms with Crippen molar-refractivity contribution >= 4 is 28.4 Å². The van der Waals surface area contributed by atoms with E-state index in [2.05, 4.69) is 63.8 Å². The summed E-state index contributed by atoms with van der Waals surface area (Å²) < 4.78 is -0.380. The van der Waals surface area contributed by atoms with Crippen LogP contribution in [0.1, 0.15) is 98.8 Å². The fourth-order valence-electron chi connectivity index (χ4n) is 9.24. The summed E-state index contributed by atoms with van der Waals surface area (Å²) in [5.41, 5.74) is -0.444. The average molecular weight is 571 g/mol. The van der Waals surface area contributed by atoms with Crippen LogP contribution in [0.4, 0.5) is 0 Å². The number of carbonyl (C=O) groups excluding carboxylic acids is 1. The Morgan fingerprint density at radius 2 is 1.85 bits per heavy atom. The van der Waals surface area contributed by atoms with Crippen LogP contribution in [0, 0.1) is 46.3 Å². The Kier molecular flexibility index (Phi) is 7.02. The largest absolute Gasteiger partial charge is 0.393 e. The zero-order valence-electron chi connectivity index (χ0n) is 21.6. The summed E-state index contributed by atoms with van der Waals surface area (Å²) in [6, 6.07) is 0. The van der Waals surface area contributed by atoms with Crippen LogP contribution in [0.2, 0.25) is 0 Å². The van der Waals surface area contributed by atoms with Gasteiger partial charge in [0.15, 0.2) is 0 Å². The molecule has 4 aliphatic rings. The number of rotatable bonds is 6. The molecule has 0 aromatic rings. The first-order chi connectivity index (χ1) is 15.3. The van der Waals surface area contributed by atoms with Crippen LogP contribution in [-0.4, -0.2) is 31.1 Å². The summed E-state index contributed by atoms with van der Waals surface area (Å²) in [6.45, 7) is 15.4. The Balaban J connectivity index is 1.53. The van der Waals surface area contributed by atoms with E-state index in [0.29, 0.717) is 47.2 Å². The lowest BCUT2D eigenvalue weighted by Gasteiger charge is -2.63. The predicted octanol–water partition coefficient (Wildman–Crippen LogP) is 6.73. The highest BCUT2D eigenvalue weighted by Crippen LogP contribution is 2.70. The van der Waals surface area contributed by atoms with Crippen LogP contribution >= 0.6 is 22.6 Å². The number of halogens is 1. The zero-order chi connectivity index (χ0) is 24.4. The fourth-order valence-corrected chi connectivity index (χ4v) is 10.6. The Morgan fingerprint density at radius 1 is 1.15 bits per heavy atom. The monoisotopic (exact) mass is 570 g/mol. The zero-order valence-corrected chi connectivity index (χ0v) is 23.7. The van der Waals surface area contributed by atoms with Gasteiger partial charge in [-0.25, -0.2) is 0 Å². The number of fused-ring (bicyclic) bond motifs is 5. The molecule has 3 nitrogen and oxygen atoms in total. The van der Waals surface area contributed by atoms with Gasteiger partial charge in [0.2, 0.25) is 0 Å². The van der Waals surface area contributed by atoms with Crippen molar-refractivity contribution in [2.75, 3.05) is 0 Å². The van der Waals surface area contributed by atoms with Gasteiger partial charge in [-0.1, -0.05) is 63.3 Å².